The summed E-state index contributed by atoms with van der Waals surface area (Å²) in [5.74, 6) is 0.0417. The van der Waals surface area contributed by atoms with E-state index in [-0.39, 0.29) is 5.91 Å². The van der Waals surface area contributed by atoms with Crippen molar-refractivity contribution in [3.8, 4) is 0 Å². The third-order valence-corrected chi connectivity index (χ3v) is 2.60. The molecule has 0 aliphatic carbocycles. The number of amides is 1. The number of hydrogen-bond acceptors (Lipinski definition) is 3. The van der Waals surface area contributed by atoms with Gasteiger partial charge in [0.25, 0.3) is 0 Å². The second kappa shape index (κ2) is 6.25. The van der Waals surface area contributed by atoms with Crippen LogP contribution in [0, 0.1) is 6.92 Å². The smallest absolute Gasteiger partial charge is 0.225 e. The quantitative estimate of drug-likeness (QED) is 0.815. The molecule has 0 aliphatic heterocycles. The van der Waals surface area contributed by atoms with Crippen molar-refractivity contribution in [2.24, 2.45) is 0 Å². The van der Waals surface area contributed by atoms with Crippen LogP contribution in [0.2, 0.25) is 0 Å². The van der Waals surface area contributed by atoms with Gasteiger partial charge in [0.2, 0.25) is 5.91 Å². The molecule has 0 fully saturated rings. The van der Waals surface area contributed by atoms with Crippen molar-refractivity contribution in [1.82, 2.24) is 5.32 Å². The summed E-state index contributed by atoms with van der Waals surface area (Å²) in [4.78, 5) is 13.6. The van der Waals surface area contributed by atoms with Crippen LogP contribution in [0.15, 0.2) is 18.2 Å². The maximum atomic E-state index is 11.6. The van der Waals surface area contributed by atoms with Crippen LogP contribution >= 0.6 is 0 Å². The number of nitrogens with zero attached hydrogens (tertiary/aromatic N) is 1. The normalized spacial score (nSPS) is 10.1. The predicted octanol–water partition coefficient (Wildman–Crippen LogP) is 1.61. The second-order valence-electron chi connectivity index (χ2n) is 4.30. The minimum absolute atomic E-state index is 0.0417. The zero-order chi connectivity index (χ0) is 12.8. The summed E-state index contributed by atoms with van der Waals surface area (Å²) in [5.41, 5.74) is 3.10. The van der Waals surface area contributed by atoms with E-state index in [9.17, 15) is 4.79 Å². The molecule has 0 saturated carbocycles. The second-order valence-corrected chi connectivity index (χ2v) is 4.30. The summed E-state index contributed by atoms with van der Waals surface area (Å²) >= 11 is 0. The minimum atomic E-state index is 0.0417. The summed E-state index contributed by atoms with van der Waals surface area (Å²) in [5, 5.41) is 5.87. The number of anilines is 2. The first kappa shape index (κ1) is 13.5. The molecule has 2 N–H and O–H groups in total. The Bertz CT molecular complexity index is 388. The van der Waals surface area contributed by atoms with E-state index in [1.54, 1.807) is 0 Å². The number of nitrogens with one attached hydrogen (secondary N) is 2. The van der Waals surface area contributed by atoms with Gasteiger partial charge < -0.3 is 15.5 Å². The van der Waals surface area contributed by atoms with Gasteiger partial charge in [-0.3, -0.25) is 4.79 Å². The number of carbonyl (C=O) groups excluding carboxylic acids is 1. The van der Waals surface area contributed by atoms with E-state index in [0.29, 0.717) is 13.0 Å². The van der Waals surface area contributed by atoms with E-state index < -0.39 is 0 Å². The van der Waals surface area contributed by atoms with Crippen LogP contribution in [-0.4, -0.2) is 33.6 Å². The first-order valence-corrected chi connectivity index (χ1v) is 5.77. The van der Waals surface area contributed by atoms with Crippen molar-refractivity contribution in [3.05, 3.63) is 23.8 Å². The van der Waals surface area contributed by atoms with Crippen molar-refractivity contribution in [3.63, 3.8) is 0 Å². The zero-order valence-corrected chi connectivity index (χ0v) is 11.0. The lowest BCUT2D eigenvalue weighted by Crippen LogP contribution is -2.19. The van der Waals surface area contributed by atoms with Crippen LogP contribution in [0.5, 0.6) is 0 Å². The molecule has 94 valence electrons. The van der Waals surface area contributed by atoms with E-state index in [0.717, 1.165) is 16.9 Å². The highest BCUT2D eigenvalue weighted by Gasteiger charge is 2.05. The van der Waals surface area contributed by atoms with E-state index in [1.807, 2.05) is 45.1 Å². The lowest BCUT2D eigenvalue weighted by atomic mass is 10.1. The highest BCUT2D eigenvalue weighted by Crippen LogP contribution is 2.21. The van der Waals surface area contributed by atoms with E-state index >= 15 is 0 Å². The summed E-state index contributed by atoms with van der Waals surface area (Å²) in [6.45, 7) is 2.70. The Morgan fingerprint density at radius 1 is 1.35 bits per heavy atom. The molecule has 0 unspecified atom stereocenters. The number of aryl methyl sites for hydroxylation is 1. The van der Waals surface area contributed by atoms with Gasteiger partial charge in [0.05, 0.1) is 0 Å². The van der Waals surface area contributed by atoms with Crippen molar-refractivity contribution in [1.29, 1.82) is 0 Å². The predicted molar refractivity (Wildman–Crippen MR) is 72.7 cm³/mol. The lowest BCUT2D eigenvalue weighted by Gasteiger charge is -2.15. The molecule has 0 atom stereocenters. The molecule has 1 amide bonds. The van der Waals surface area contributed by atoms with Gasteiger partial charge in [-0.05, 0) is 37.7 Å². The van der Waals surface area contributed by atoms with Crippen molar-refractivity contribution in [2.45, 2.75) is 13.3 Å². The third-order valence-electron chi connectivity index (χ3n) is 2.60. The summed E-state index contributed by atoms with van der Waals surface area (Å²) < 4.78 is 0. The molecule has 1 aromatic rings. The van der Waals surface area contributed by atoms with E-state index in [1.165, 1.54) is 0 Å². The fourth-order valence-electron chi connectivity index (χ4n) is 1.52. The first-order valence-electron chi connectivity index (χ1n) is 5.77. The molecule has 1 aromatic carbocycles. The summed E-state index contributed by atoms with van der Waals surface area (Å²) in [7, 11) is 5.84. The molecule has 1 rings (SSSR count). The zero-order valence-electron chi connectivity index (χ0n) is 11.0. The van der Waals surface area contributed by atoms with Crippen LogP contribution in [-0.2, 0) is 4.79 Å². The van der Waals surface area contributed by atoms with Crippen molar-refractivity contribution < 1.29 is 4.79 Å². The van der Waals surface area contributed by atoms with Crippen molar-refractivity contribution >= 4 is 17.3 Å². The van der Waals surface area contributed by atoms with Gasteiger partial charge in [-0.15, -0.1) is 0 Å². The summed E-state index contributed by atoms with van der Waals surface area (Å²) in [6.07, 6.45) is 0.491. The number of hydrogen-bond donors (Lipinski definition) is 2. The molecule has 0 heterocycles. The molecule has 0 spiro atoms. The highest BCUT2D eigenvalue weighted by atomic mass is 16.1. The monoisotopic (exact) mass is 235 g/mol. The van der Waals surface area contributed by atoms with Crippen LogP contribution in [0.1, 0.15) is 12.0 Å². The topological polar surface area (TPSA) is 44.4 Å². The molecule has 0 aliphatic rings. The number of rotatable bonds is 5. The molecule has 0 bridgehead atoms. The van der Waals surface area contributed by atoms with Crippen LogP contribution in [0.4, 0.5) is 11.4 Å². The fraction of sp³-hybridized carbons (Fsp3) is 0.462. The van der Waals surface area contributed by atoms with Crippen LogP contribution in [0.25, 0.3) is 0 Å². The van der Waals surface area contributed by atoms with Crippen LogP contribution < -0.4 is 15.5 Å². The Labute approximate surface area is 103 Å². The molecule has 0 radical (unpaired) electrons. The minimum Gasteiger partial charge on any atom is -0.378 e. The molecular formula is C13H21N3O. The van der Waals surface area contributed by atoms with Gasteiger partial charge in [-0.1, -0.05) is 0 Å². The molecule has 0 aromatic heterocycles. The molecule has 17 heavy (non-hydrogen) atoms. The highest BCUT2D eigenvalue weighted by molar-refractivity contribution is 5.91. The van der Waals surface area contributed by atoms with E-state index in [4.69, 9.17) is 0 Å². The Kier molecular flexibility index (Phi) is 4.97. The van der Waals surface area contributed by atoms with E-state index in [2.05, 4.69) is 16.7 Å². The van der Waals surface area contributed by atoms with Gasteiger partial charge in [0.15, 0.2) is 0 Å². The van der Waals surface area contributed by atoms with Gasteiger partial charge in [-0.25, -0.2) is 0 Å². The van der Waals surface area contributed by atoms with Gasteiger partial charge in [-0.2, -0.15) is 0 Å². The molecule has 4 heteroatoms. The number of carbonyl (C=O) groups is 1. The molecular weight excluding hydrogens is 214 g/mol. The lowest BCUT2D eigenvalue weighted by molar-refractivity contribution is -0.116. The third kappa shape index (κ3) is 4.07. The average Bonchev–Trinajstić information content (AvgIpc) is 2.28. The SMILES string of the molecule is CNCCC(=O)Nc1ccc(N(C)C)cc1C. The standard InChI is InChI=1S/C13H21N3O/c1-10-9-11(16(3)4)5-6-12(10)15-13(17)7-8-14-2/h5-6,9,14H,7-8H2,1-4H3,(H,15,17). The molecule has 4 nitrogen and oxygen atoms in total. The molecule has 0 saturated heterocycles. The fourth-order valence-corrected chi connectivity index (χ4v) is 1.52. The average molecular weight is 235 g/mol. The van der Waals surface area contributed by atoms with Gasteiger partial charge in [0, 0.05) is 38.4 Å². The maximum Gasteiger partial charge on any atom is 0.225 e. The van der Waals surface area contributed by atoms with Crippen molar-refractivity contribution in [2.75, 3.05) is 37.9 Å². The summed E-state index contributed by atoms with van der Waals surface area (Å²) in [6, 6.07) is 6.01. The van der Waals surface area contributed by atoms with Gasteiger partial charge >= 0.3 is 0 Å². The first-order chi connectivity index (χ1) is 8.04. The van der Waals surface area contributed by atoms with Gasteiger partial charge in [0.1, 0.15) is 0 Å². The largest absolute Gasteiger partial charge is 0.378 e. The Morgan fingerprint density at radius 3 is 2.59 bits per heavy atom. The Morgan fingerprint density at radius 2 is 2.06 bits per heavy atom. The Hall–Kier alpha value is -1.55. The Balaban J connectivity index is 2.69. The number of benzene rings is 1. The van der Waals surface area contributed by atoms with Crippen LogP contribution in [0.3, 0.4) is 0 Å². The maximum absolute atomic E-state index is 11.6.